The van der Waals surface area contributed by atoms with E-state index in [0.29, 0.717) is 10.8 Å². The van der Waals surface area contributed by atoms with Crippen molar-refractivity contribution < 1.29 is 14.6 Å². The third kappa shape index (κ3) is 2.78. The quantitative estimate of drug-likeness (QED) is 0.907. The van der Waals surface area contributed by atoms with Gasteiger partial charge >= 0.3 is 5.97 Å². The molecule has 0 saturated heterocycles. The molecule has 1 rings (SSSR count). The van der Waals surface area contributed by atoms with Gasteiger partial charge in [-0.25, -0.2) is 0 Å². The van der Waals surface area contributed by atoms with E-state index in [9.17, 15) is 4.79 Å². The van der Waals surface area contributed by atoms with Gasteiger partial charge in [0.05, 0.1) is 18.6 Å². The molecular formula is C14H19ClO3. The minimum absolute atomic E-state index is 0.00593. The van der Waals surface area contributed by atoms with Gasteiger partial charge in [-0.15, -0.1) is 0 Å². The van der Waals surface area contributed by atoms with Gasteiger partial charge < -0.3 is 9.84 Å². The molecule has 0 spiro atoms. The van der Waals surface area contributed by atoms with Gasteiger partial charge in [-0.3, -0.25) is 4.79 Å². The van der Waals surface area contributed by atoms with Gasteiger partial charge in [0.2, 0.25) is 0 Å². The number of methoxy groups -OCH3 is 1. The lowest BCUT2D eigenvalue weighted by atomic mass is 9.79. The highest BCUT2D eigenvalue weighted by molar-refractivity contribution is 6.32. The molecule has 1 N–H and O–H groups in total. The molecule has 0 saturated carbocycles. The van der Waals surface area contributed by atoms with Crippen molar-refractivity contribution in [3.63, 3.8) is 0 Å². The van der Waals surface area contributed by atoms with Crippen LogP contribution in [0.25, 0.3) is 0 Å². The summed E-state index contributed by atoms with van der Waals surface area (Å²) in [5, 5.41) is 9.61. The Hall–Kier alpha value is -1.22. The molecule has 0 aliphatic carbocycles. The summed E-state index contributed by atoms with van der Waals surface area (Å²) in [6.45, 7) is 7.57. The summed E-state index contributed by atoms with van der Waals surface area (Å²) in [4.78, 5) is 11.0. The largest absolute Gasteiger partial charge is 0.496 e. The van der Waals surface area contributed by atoms with Crippen LogP contribution in [0.1, 0.15) is 37.0 Å². The third-order valence-corrected chi connectivity index (χ3v) is 3.55. The first-order valence-corrected chi connectivity index (χ1v) is 6.14. The highest BCUT2D eigenvalue weighted by Gasteiger charge is 2.31. The Labute approximate surface area is 113 Å². The summed E-state index contributed by atoms with van der Waals surface area (Å²) in [6.07, 6.45) is 0.00593. The summed E-state index contributed by atoms with van der Waals surface area (Å²) >= 11 is 6.34. The fourth-order valence-corrected chi connectivity index (χ4v) is 2.68. The molecule has 0 unspecified atom stereocenters. The van der Waals surface area contributed by atoms with Crippen molar-refractivity contribution in [1.82, 2.24) is 0 Å². The van der Waals surface area contributed by atoms with Gasteiger partial charge in [-0.05, 0) is 25.0 Å². The number of hydrogen-bond acceptors (Lipinski definition) is 2. The monoisotopic (exact) mass is 270 g/mol. The van der Waals surface area contributed by atoms with E-state index in [4.69, 9.17) is 21.4 Å². The number of carbonyl (C=O) groups is 1. The first-order chi connectivity index (χ1) is 8.20. The summed E-state index contributed by atoms with van der Waals surface area (Å²) in [5.74, 6) is -0.172. The maximum atomic E-state index is 11.0. The van der Waals surface area contributed by atoms with Crippen molar-refractivity contribution in [3.05, 3.63) is 27.8 Å². The summed E-state index contributed by atoms with van der Waals surface area (Å²) in [7, 11) is 1.58. The molecule has 4 heteroatoms. The van der Waals surface area contributed by atoms with Crippen LogP contribution in [0.4, 0.5) is 0 Å². The van der Waals surface area contributed by atoms with Crippen LogP contribution in [0.2, 0.25) is 5.02 Å². The van der Waals surface area contributed by atoms with Crippen LogP contribution in [0, 0.1) is 13.8 Å². The van der Waals surface area contributed by atoms with Gasteiger partial charge in [-0.2, -0.15) is 0 Å². The van der Waals surface area contributed by atoms with E-state index >= 15 is 0 Å². The van der Waals surface area contributed by atoms with E-state index in [0.717, 1.165) is 16.7 Å². The number of ether oxygens (including phenoxy) is 1. The Kier molecular flexibility index (Phi) is 4.28. The molecular weight excluding hydrogens is 252 g/mol. The van der Waals surface area contributed by atoms with Gasteiger partial charge in [-0.1, -0.05) is 31.5 Å². The average molecular weight is 271 g/mol. The van der Waals surface area contributed by atoms with Gasteiger partial charge in [0, 0.05) is 11.0 Å². The number of carboxylic acid groups (broad SMARTS) is 1. The number of carboxylic acids is 1. The van der Waals surface area contributed by atoms with Crippen molar-refractivity contribution in [2.24, 2.45) is 0 Å². The molecule has 0 aliphatic rings. The topological polar surface area (TPSA) is 46.5 Å². The zero-order valence-electron chi connectivity index (χ0n) is 11.4. The van der Waals surface area contributed by atoms with Crippen LogP contribution < -0.4 is 4.74 Å². The SMILES string of the molecule is COc1c(C)cc(C)c(Cl)c1C(C)(C)CC(=O)O. The Morgan fingerprint density at radius 3 is 2.39 bits per heavy atom. The zero-order valence-corrected chi connectivity index (χ0v) is 12.2. The molecule has 0 heterocycles. The first kappa shape index (κ1) is 14.8. The van der Waals surface area contributed by atoms with Crippen molar-refractivity contribution in [2.75, 3.05) is 7.11 Å². The molecule has 0 amide bonds. The third-order valence-electron chi connectivity index (χ3n) is 3.06. The molecule has 18 heavy (non-hydrogen) atoms. The highest BCUT2D eigenvalue weighted by Crippen LogP contribution is 2.42. The van der Waals surface area contributed by atoms with E-state index in [-0.39, 0.29) is 6.42 Å². The fraction of sp³-hybridized carbons (Fsp3) is 0.500. The van der Waals surface area contributed by atoms with Crippen LogP contribution in [-0.2, 0) is 10.2 Å². The van der Waals surface area contributed by atoms with Crippen LogP contribution in [0.15, 0.2) is 6.07 Å². The number of aryl methyl sites for hydroxylation is 2. The van der Waals surface area contributed by atoms with E-state index in [1.54, 1.807) is 7.11 Å². The van der Waals surface area contributed by atoms with Crippen LogP contribution in [-0.4, -0.2) is 18.2 Å². The lowest BCUT2D eigenvalue weighted by molar-refractivity contribution is -0.138. The van der Waals surface area contributed by atoms with E-state index in [2.05, 4.69) is 0 Å². The fourth-order valence-electron chi connectivity index (χ4n) is 2.28. The Bertz CT molecular complexity index is 478. The Morgan fingerprint density at radius 1 is 1.39 bits per heavy atom. The number of rotatable bonds is 4. The normalized spacial score (nSPS) is 11.4. The Balaban J connectivity index is 3.51. The zero-order chi connectivity index (χ0) is 14.1. The van der Waals surface area contributed by atoms with Crippen LogP contribution in [0.5, 0.6) is 5.75 Å². The maximum absolute atomic E-state index is 11.0. The summed E-state index contributed by atoms with van der Waals surface area (Å²) in [6, 6.07) is 1.95. The standard InChI is InChI=1S/C14H19ClO3/c1-8-6-9(2)13(18-5)11(12(8)15)14(3,4)7-10(16)17/h6H,7H2,1-5H3,(H,16,17). The smallest absolute Gasteiger partial charge is 0.304 e. The van der Waals surface area contributed by atoms with Crippen molar-refractivity contribution in [1.29, 1.82) is 0 Å². The maximum Gasteiger partial charge on any atom is 0.304 e. The number of halogens is 1. The lowest BCUT2D eigenvalue weighted by Crippen LogP contribution is -2.23. The van der Waals surface area contributed by atoms with Crippen molar-refractivity contribution in [2.45, 2.75) is 39.5 Å². The minimum atomic E-state index is -0.850. The molecule has 0 aromatic heterocycles. The molecule has 100 valence electrons. The molecule has 1 aromatic carbocycles. The lowest BCUT2D eigenvalue weighted by Gasteiger charge is -2.28. The second-order valence-electron chi connectivity index (χ2n) is 5.19. The summed E-state index contributed by atoms with van der Waals surface area (Å²) in [5.41, 5.74) is 2.09. The van der Waals surface area contributed by atoms with Crippen LogP contribution in [0.3, 0.4) is 0 Å². The predicted molar refractivity (Wildman–Crippen MR) is 72.8 cm³/mol. The summed E-state index contributed by atoms with van der Waals surface area (Å²) < 4.78 is 5.40. The molecule has 0 fully saturated rings. The highest BCUT2D eigenvalue weighted by atomic mass is 35.5. The molecule has 0 atom stereocenters. The van der Waals surface area contributed by atoms with E-state index < -0.39 is 11.4 Å². The minimum Gasteiger partial charge on any atom is -0.496 e. The van der Waals surface area contributed by atoms with Crippen molar-refractivity contribution >= 4 is 17.6 Å². The number of benzene rings is 1. The predicted octanol–water partition coefficient (Wildman–Crippen LogP) is 3.72. The van der Waals surface area contributed by atoms with Gasteiger partial charge in [0.1, 0.15) is 5.75 Å². The molecule has 3 nitrogen and oxygen atoms in total. The number of hydrogen-bond donors (Lipinski definition) is 1. The van der Waals surface area contributed by atoms with Gasteiger partial charge in [0.25, 0.3) is 0 Å². The molecule has 0 bridgehead atoms. The second-order valence-corrected chi connectivity index (χ2v) is 5.56. The number of aliphatic carboxylic acids is 1. The molecule has 0 aliphatic heterocycles. The van der Waals surface area contributed by atoms with Crippen molar-refractivity contribution in [3.8, 4) is 5.75 Å². The first-order valence-electron chi connectivity index (χ1n) is 5.76. The molecule has 1 aromatic rings. The average Bonchev–Trinajstić information content (AvgIpc) is 2.20. The van der Waals surface area contributed by atoms with Crippen LogP contribution >= 0.6 is 11.6 Å². The molecule has 0 radical (unpaired) electrons. The van der Waals surface area contributed by atoms with E-state index in [1.165, 1.54) is 0 Å². The van der Waals surface area contributed by atoms with E-state index in [1.807, 2.05) is 33.8 Å². The van der Waals surface area contributed by atoms with Gasteiger partial charge in [0.15, 0.2) is 0 Å². The second kappa shape index (κ2) is 5.19. The Morgan fingerprint density at radius 2 is 1.94 bits per heavy atom.